The molecule has 0 saturated carbocycles. The van der Waals surface area contributed by atoms with Gasteiger partial charge in [-0.1, -0.05) is 23.7 Å². The number of hydrogen-bond acceptors (Lipinski definition) is 4. The van der Waals surface area contributed by atoms with Crippen molar-refractivity contribution >= 4 is 11.6 Å². The van der Waals surface area contributed by atoms with E-state index in [1.54, 1.807) is 7.11 Å². The second kappa shape index (κ2) is 9.15. The highest BCUT2D eigenvalue weighted by molar-refractivity contribution is 6.32. The van der Waals surface area contributed by atoms with Crippen LogP contribution in [0.2, 0.25) is 5.02 Å². The van der Waals surface area contributed by atoms with Gasteiger partial charge in [0.15, 0.2) is 0 Å². The van der Waals surface area contributed by atoms with Crippen LogP contribution in [0.15, 0.2) is 18.2 Å². The third-order valence-corrected chi connectivity index (χ3v) is 2.79. The van der Waals surface area contributed by atoms with Gasteiger partial charge >= 0.3 is 0 Å². The van der Waals surface area contributed by atoms with Crippen LogP contribution in [-0.4, -0.2) is 39.6 Å². The van der Waals surface area contributed by atoms with Crippen molar-refractivity contribution in [2.45, 2.75) is 19.4 Å². The summed E-state index contributed by atoms with van der Waals surface area (Å²) in [6.07, 6.45) is 0.737. The minimum atomic E-state index is 0.0683. The molecule has 0 aliphatic heterocycles. The van der Waals surface area contributed by atoms with Crippen LogP contribution < -0.4 is 10.5 Å². The Balaban J connectivity index is 2.47. The molecule has 1 unspecified atom stereocenters. The molecule has 0 aromatic heterocycles. The van der Waals surface area contributed by atoms with Crippen molar-refractivity contribution in [3.8, 4) is 5.75 Å². The lowest BCUT2D eigenvalue weighted by atomic mass is 10.1. The van der Waals surface area contributed by atoms with Crippen molar-refractivity contribution in [3.63, 3.8) is 0 Å². The highest BCUT2D eigenvalue weighted by atomic mass is 35.5. The number of methoxy groups -OCH3 is 1. The number of ether oxygens (including phenoxy) is 3. The highest BCUT2D eigenvalue weighted by Gasteiger charge is 2.10. The van der Waals surface area contributed by atoms with Gasteiger partial charge in [0.1, 0.15) is 12.4 Å². The summed E-state index contributed by atoms with van der Waals surface area (Å²) in [6, 6.07) is 5.77. The molecular weight excluding hydrogens is 266 g/mol. The smallest absolute Gasteiger partial charge is 0.141 e. The molecule has 4 nitrogen and oxygen atoms in total. The Labute approximate surface area is 119 Å². The van der Waals surface area contributed by atoms with Crippen molar-refractivity contribution in [2.75, 3.05) is 33.5 Å². The molecule has 0 aliphatic carbocycles. The Hall–Kier alpha value is -0.810. The van der Waals surface area contributed by atoms with Gasteiger partial charge < -0.3 is 19.9 Å². The van der Waals surface area contributed by atoms with Crippen molar-refractivity contribution in [3.05, 3.63) is 28.8 Å². The van der Waals surface area contributed by atoms with Crippen LogP contribution in [0.1, 0.15) is 12.5 Å². The number of benzene rings is 1. The van der Waals surface area contributed by atoms with Crippen molar-refractivity contribution < 1.29 is 14.2 Å². The molecule has 0 heterocycles. The van der Waals surface area contributed by atoms with Crippen molar-refractivity contribution in [1.82, 2.24) is 0 Å². The number of nitrogens with two attached hydrogens (primary N) is 1. The van der Waals surface area contributed by atoms with E-state index in [1.165, 1.54) is 0 Å². The van der Waals surface area contributed by atoms with E-state index < -0.39 is 0 Å². The summed E-state index contributed by atoms with van der Waals surface area (Å²) in [5, 5.41) is 0.607. The molecule has 0 fully saturated rings. The largest absolute Gasteiger partial charge is 0.489 e. The zero-order valence-electron chi connectivity index (χ0n) is 11.5. The normalized spacial score (nSPS) is 12.4. The van der Waals surface area contributed by atoms with E-state index in [0.717, 1.165) is 12.0 Å². The maximum atomic E-state index is 6.15. The van der Waals surface area contributed by atoms with Gasteiger partial charge in [-0.3, -0.25) is 0 Å². The Morgan fingerprint density at radius 3 is 2.63 bits per heavy atom. The van der Waals surface area contributed by atoms with E-state index >= 15 is 0 Å². The molecule has 0 amide bonds. The fourth-order valence-corrected chi connectivity index (χ4v) is 1.92. The van der Waals surface area contributed by atoms with Gasteiger partial charge in [-0.2, -0.15) is 0 Å². The van der Waals surface area contributed by atoms with Crippen LogP contribution >= 0.6 is 11.6 Å². The predicted molar refractivity (Wildman–Crippen MR) is 77.0 cm³/mol. The Kier molecular flexibility index (Phi) is 7.82. The molecule has 0 bridgehead atoms. The number of rotatable bonds is 9. The molecule has 1 aromatic carbocycles. The van der Waals surface area contributed by atoms with Gasteiger partial charge in [0.25, 0.3) is 0 Å². The van der Waals surface area contributed by atoms with E-state index in [9.17, 15) is 0 Å². The van der Waals surface area contributed by atoms with Crippen LogP contribution in [0.4, 0.5) is 0 Å². The molecule has 2 N–H and O–H groups in total. The summed E-state index contributed by atoms with van der Waals surface area (Å²) < 4.78 is 15.9. The highest BCUT2D eigenvalue weighted by Crippen LogP contribution is 2.29. The summed E-state index contributed by atoms with van der Waals surface area (Å²) in [6.45, 7) is 4.07. The monoisotopic (exact) mass is 287 g/mol. The van der Waals surface area contributed by atoms with Crippen LogP contribution in [0.3, 0.4) is 0 Å². The molecule has 0 aliphatic rings. The van der Waals surface area contributed by atoms with Crippen LogP contribution in [0, 0.1) is 0 Å². The van der Waals surface area contributed by atoms with Gasteiger partial charge in [-0.25, -0.2) is 0 Å². The Morgan fingerprint density at radius 2 is 1.95 bits per heavy atom. The molecule has 108 valence electrons. The van der Waals surface area contributed by atoms with Gasteiger partial charge in [0.05, 0.1) is 24.8 Å². The van der Waals surface area contributed by atoms with E-state index in [4.69, 9.17) is 31.5 Å². The summed E-state index contributed by atoms with van der Waals surface area (Å²) in [4.78, 5) is 0. The number of para-hydroxylation sites is 1. The average molecular weight is 288 g/mol. The Bertz CT molecular complexity index is 372. The fourth-order valence-electron chi connectivity index (χ4n) is 1.67. The molecule has 1 rings (SSSR count). The maximum Gasteiger partial charge on any atom is 0.141 e. The summed E-state index contributed by atoms with van der Waals surface area (Å²) in [7, 11) is 1.64. The van der Waals surface area contributed by atoms with Gasteiger partial charge in [0.2, 0.25) is 0 Å². The third-order valence-electron chi connectivity index (χ3n) is 2.50. The van der Waals surface area contributed by atoms with E-state index in [0.29, 0.717) is 37.2 Å². The first-order chi connectivity index (χ1) is 9.15. The second-order valence-corrected chi connectivity index (χ2v) is 4.77. The number of halogens is 1. The Morgan fingerprint density at radius 1 is 1.21 bits per heavy atom. The molecule has 1 aromatic rings. The molecule has 1 atom stereocenters. The second-order valence-electron chi connectivity index (χ2n) is 4.36. The van der Waals surface area contributed by atoms with Crippen molar-refractivity contribution in [2.24, 2.45) is 5.73 Å². The average Bonchev–Trinajstić information content (AvgIpc) is 2.35. The van der Waals surface area contributed by atoms with Crippen LogP contribution in [0.5, 0.6) is 5.75 Å². The molecule has 0 spiro atoms. The minimum Gasteiger partial charge on any atom is -0.489 e. The molecule has 0 saturated heterocycles. The predicted octanol–water partition coefficient (Wildman–Crippen LogP) is 2.27. The summed E-state index contributed by atoms with van der Waals surface area (Å²) in [5.74, 6) is 0.705. The first-order valence-corrected chi connectivity index (χ1v) is 6.75. The maximum absolute atomic E-state index is 6.15. The van der Waals surface area contributed by atoms with Crippen LogP contribution in [0.25, 0.3) is 0 Å². The third kappa shape index (κ3) is 6.25. The lowest BCUT2D eigenvalue weighted by Crippen LogP contribution is -2.19. The van der Waals surface area contributed by atoms with E-state index in [1.807, 2.05) is 25.1 Å². The first-order valence-electron chi connectivity index (χ1n) is 6.37. The lowest BCUT2D eigenvalue weighted by Gasteiger charge is -2.14. The quantitative estimate of drug-likeness (QED) is 0.708. The molecular formula is C14H22ClNO3. The zero-order valence-corrected chi connectivity index (χ0v) is 12.3. The fraction of sp³-hybridized carbons (Fsp3) is 0.571. The molecule has 0 radical (unpaired) electrons. The standard InChI is InChI=1S/C14H22ClNO3/c1-11(16)10-12-4-3-5-13(15)14(12)19-9-8-18-7-6-17-2/h3-5,11H,6-10,16H2,1-2H3. The summed E-state index contributed by atoms with van der Waals surface area (Å²) >= 11 is 6.15. The molecule has 5 heteroatoms. The number of hydrogen-bond donors (Lipinski definition) is 1. The topological polar surface area (TPSA) is 53.7 Å². The first kappa shape index (κ1) is 16.2. The van der Waals surface area contributed by atoms with E-state index in [-0.39, 0.29) is 6.04 Å². The lowest BCUT2D eigenvalue weighted by molar-refractivity contribution is 0.0543. The van der Waals surface area contributed by atoms with Gasteiger partial charge in [-0.15, -0.1) is 0 Å². The zero-order chi connectivity index (χ0) is 14.1. The van der Waals surface area contributed by atoms with Gasteiger partial charge in [-0.05, 0) is 25.0 Å². The van der Waals surface area contributed by atoms with Crippen molar-refractivity contribution in [1.29, 1.82) is 0 Å². The molecule has 19 heavy (non-hydrogen) atoms. The summed E-state index contributed by atoms with van der Waals surface area (Å²) in [5.41, 5.74) is 6.84. The van der Waals surface area contributed by atoms with Gasteiger partial charge in [0, 0.05) is 13.2 Å². The SMILES string of the molecule is COCCOCCOc1c(Cl)cccc1CC(C)N. The van der Waals surface area contributed by atoms with Crippen LogP contribution in [-0.2, 0) is 15.9 Å². The van der Waals surface area contributed by atoms with E-state index in [2.05, 4.69) is 0 Å². The minimum absolute atomic E-state index is 0.0683.